The third-order valence-corrected chi connectivity index (χ3v) is 12.2. The summed E-state index contributed by atoms with van der Waals surface area (Å²) in [6.07, 6.45) is 0. The summed E-state index contributed by atoms with van der Waals surface area (Å²) in [5, 5.41) is 26.4. The first-order valence-electron chi connectivity index (χ1n) is 15.0. The number of sulfonamides is 2. The summed E-state index contributed by atoms with van der Waals surface area (Å²) < 4.78 is 124. The van der Waals surface area contributed by atoms with Crippen LogP contribution in [0.5, 0.6) is 11.5 Å². The van der Waals surface area contributed by atoms with Crippen LogP contribution in [0.1, 0.15) is 0 Å². The summed E-state index contributed by atoms with van der Waals surface area (Å²) in [5.74, 6) is -1.10. The topological polar surface area (TPSA) is 283 Å². The highest BCUT2D eigenvalue weighted by Gasteiger charge is 2.23. The fraction of sp³-hybridized carbons (Fsp3) is 0. The van der Waals surface area contributed by atoms with E-state index in [2.05, 4.69) is 20.1 Å². The van der Waals surface area contributed by atoms with Crippen LogP contribution in [-0.2, 0) is 40.3 Å². The van der Waals surface area contributed by atoms with Crippen molar-refractivity contribution in [3.05, 3.63) is 109 Å². The Labute approximate surface area is 307 Å². The van der Waals surface area contributed by atoms with Gasteiger partial charge in [0.1, 0.15) is 11.5 Å². The SMILES string of the molecule is O=C(Nc1cccc(S(=O)(=O)Nc2c(O)ccc3ccc(S(=O)(=O)O)cc23)c1)Nc1cccc(S(=O)(=O)Nc2c(O)ccc3ccc(S(=O)(=O)O)cc23)c1. The minimum absolute atomic E-state index is 0.0349. The molecule has 2 amide bonds. The van der Waals surface area contributed by atoms with Crippen LogP contribution in [-0.4, -0.2) is 59.0 Å². The van der Waals surface area contributed by atoms with Crippen molar-refractivity contribution in [2.75, 3.05) is 20.1 Å². The van der Waals surface area contributed by atoms with Crippen LogP contribution in [0.25, 0.3) is 21.5 Å². The van der Waals surface area contributed by atoms with Gasteiger partial charge in [-0.1, -0.05) is 36.4 Å². The van der Waals surface area contributed by atoms with Crippen molar-refractivity contribution in [2.45, 2.75) is 19.6 Å². The van der Waals surface area contributed by atoms with E-state index in [0.29, 0.717) is 10.8 Å². The lowest BCUT2D eigenvalue weighted by Crippen LogP contribution is -2.20. The predicted octanol–water partition coefficient (Wildman–Crippen LogP) is 5.14. The zero-order chi connectivity index (χ0) is 39.2. The number of anilines is 4. The number of phenols is 2. The molecular formula is C33H26N4O13S4. The van der Waals surface area contributed by atoms with Gasteiger partial charge in [0, 0.05) is 22.1 Å². The van der Waals surface area contributed by atoms with E-state index in [-0.39, 0.29) is 43.3 Å². The molecule has 17 nitrogen and oxygen atoms in total. The molecule has 21 heteroatoms. The predicted molar refractivity (Wildman–Crippen MR) is 198 cm³/mol. The van der Waals surface area contributed by atoms with Crippen LogP contribution in [0.2, 0.25) is 0 Å². The largest absolute Gasteiger partial charge is 0.506 e. The Bertz CT molecular complexity index is 2770. The number of phenolic OH excluding ortho intramolecular Hbond substituents is 2. The van der Waals surface area contributed by atoms with Crippen LogP contribution >= 0.6 is 0 Å². The van der Waals surface area contributed by atoms with E-state index in [9.17, 15) is 57.8 Å². The lowest BCUT2D eigenvalue weighted by molar-refractivity contribution is 0.262. The molecule has 280 valence electrons. The third-order valence-electron chi connectivity index (χ3n) is 7.81. The summed E-state index contributed by atoms with van der Waals surface area (Å²) >= 11 is 0. The fourth-order valence-corrected chi connectivity index (χ4v) is 8.57. The van der Waals surface area contributed by atoms with Gasteiger partial charge < -0.3 is 20.8 Å². The number of amides is 2. The molecule has 0 saturated heterocycles. The second-order valence-electron chi connectivity index (χ2n) is 11.5. The van der Waals surface area contributed by atoms with Crippen LogP contribution in [0.4, 0.5) is 27.5 Å². The van der Waals surface area contributed by atoms with E-state index in [1.165, 1.54) is 72.8 Å². The minimum atomic E-state index is -4.67. The number of carbonyl (C=O) groups excluding carboxylic acids is 1. The lowest BCUT2D eigenvalue weighted by Gasteiger charge is -2.15. The maximum Gasteiger partial charge on any atom is 0.323 e. The Hall–Kier alpha value is -5.97. The highest BCUT2D eigenvalue weighted by atomic mass is 32.2. The Morgan fingerprint density at radius 1 is 0.463 bits per heavy atom. The standard InChI is InChI=1S/C33H26N4O13S4/c38-29-13-9-19-7-11-25(53(45,46)47)17-27(19)31(29)36-51(41,42)23-5-1-3-21(15-23)34-33(40)35-22-4-2-6-24(16-22)52(43,44)37-32-28-18-26(54(48,49)50)12-8-20(28)10-14-30(32)39/h1-18,36-39H,(H2,34,35,40)(H,45,46,47)(H,48,49,50). The number of urea groups is 1. The van der Waals surface area contributed by atoms with Gasteiger partial charge in [-0.2, -0.15) is 16.8 Å². The molecule has 0 aliphatic rings. The monoisotopic (exact) mass is 814 g/mol. The number of fused-ring (bicyclic) bond motifs is 2. The number of nitrogens with one attached hydrogen (secondary N) is 4. The normalized spacial score (nSPS) is 12.3. The van der Waals surface area contributed by atoms with E-state index in [1.807, 2.05) is 0 Å². The first-order chi connectivity index (χ1) is 25.2. The molecule has 8 N–H and O–H groups in total. The lowest BCUT2D eigenvalue weighted by atomic mass is 10.1. The third kappa shape index (κ3) is 8.00. The molecule has 54 heavy (non-hydrogen) atoms. The summed E-state index contributed by atoms with van der Waals surface area (Å²) in [7, 11) is -18.3. The molecule has 0 spiro atoms. The van der Waals surface area contributed by atoms with E-state index in [0.717, 1.165) is 36.4 Å². The van der Waals surface area contributed by atoms with Gasteiger partial charge in [-0.3, -0.25) is 18.5 Å². The molecule has 0 aliphatic heterocycles. The quantitative estimate of drug-likeness (QED) is 0.0657. The Morgan fingerprint density at radius 2 is 0.833 bits per heavy atom. The van der Waals surface area contributed by atoms with Crippen LogP contribution < -0.4 is 20.1 Å². The molecular weight excluding hydrogens is 789 g/mol. The van der Waals surface area contributed by atoms with E-state index in [1.54, 1.807) is 0 Å². The molecule has 6 rings (SSSR count). The van der Waals surface area contributed by atoms with Gasteiger partial charge in [-0.25, -0.2) is 21.6 Å². The van der Waals surface area contributed by atoms with Gasteiger partial charge in [-0.05, 0) is 83.6 Å². The van der Waals surface area contributed by atoms with Gasteiger partial charge in [-0.15, -0.1) is 0 Å². The number of benzene rings is 6. The molecule has 0 heterocycles. The molecule has 6 aromatic carbocycles. The number of hydrogen-bond acceptors (Lipinski definition) is 11. The van der Waals surface area contributed by atoms with Crippen LogP contribution in [0, 0.1) is 0 Å². The molecule has 0 unspecified atom stereocenters. The molecule has 0 aromatic heterocycles. The minimum Gasteiger partial charge on any atom is -0.506 e. The van der Waals surface area contributed by atoms with Crippen molar-refractivity contribution >= 4 is 90.6 Å². The van der Waals surface area contributed by atoms with Gasteiger partial charge in [0.2, 0.25) is 0 Å². The van der Waals surface area contributed by atoms with Crippen LogP contribution in [0.3, 0.4) is 0 Å². The first-order valence-corrected chi connectivity index (χ1v) is 20.9. The molecule has 6 aromatic rings. The second kappa shape index (κ2) is 13.8. The van der Waals surface area contributed by atoms with Gasteiger partial charge in [0.15, 0.2) is 0 Å². The van der Waals surface area contributed by atoms with Gasteiger partial charge >= 0.3 is 6.03 Å². The molecule has 0 saturated carbocycles. The zero-order valence-corrected chi connectivity index (χ0v) is 30.3. The average Bonchev–Trinajstić information content (AvgIpc) is 3.09. The summed E-state index contributed by atoms with van der Waals surface area (Å²) in [4.78, 5) is 11.1. The maximum atomic E-state index is 13.4. The summed E-state index contributed by atoms with van der Waals surface area (Å²) in [5.41, 5.74) is -0.825. The highest BCUT2D eigenvalue weighted by molar-refractivity contribution is 7.93. The zero-order valence-electron chi connectivity index (χ0n) is 27.0. The molecule has 0 radical (unpaired) electrons. The average molecular weight is 815 g/mol. The molecule has 0 aliphatic carbocycles. The van der Waals surface area contributed by atoms with Crippen molar-refractivity contribution in [3.63, 3.8) is 0 Å². The number of hydrogen-bond donors (Lipinski definition) is 8. The Balaban J connectivity index is 1.20. The summed E-state index contributed by atoms with van der Waals surface area (Å²) in [6, 6.07) is 20.8. The Kier molecular flexibility index (Phi) is 9.64. The highest BCUT2D eigenvalue weighted by Crippen LogP contribution is 2.37. The number of rotatable bonds is 10. The fourth-order valence-electron chi connectivity index (χ4n) is 5.27. The van der Waals surface area contributed by atoms with E-state index in [4.69, 9.17) is 0 Å². The van der Waals surface area contributed by atoms with Crippen molar-refractivity contribution in [1.29, 1.82) is 0 Å². The van der Waals surface area contributed by atoms with E-state index < -0.39 is 67.6 Å². The smallest absolute Gasteiger partial charge is 0.323 e. The van der Waals surface area contributed by atoms with Crippen LogP contribution in [0.15, 0.2) is 129 Å². The molecule has 0 fully saturated rings. The molecule has 0 atom stereocenters. The Morgan fingerprint density at radius 3 is 1.20 bits per heavy atom. The summed E-state index contributed by atoms with van der Waals surface area (Å²) in [6.45, 7) is 0. The van der Waals surface area contributed by atoms with Crippen molar-refractivity contribution in [2.24, 2.45) is 0 Å². The van der Waals surface area contributed by atoms with Crippen molar-refractivity contribution < 1.29 is 57.8 Å². The first kappa shape index (κ1) is 37.8. The van der Waals surface area contributed by atoms with Crippen molar-refractivity contribution in [1.82, 2.24) is 0 Å². The van der Waals surface area contributed by atoms with Gasteiger partial charge in [0.25, 0.3) is 40.3 Å². The number of carbonyl (C=O) groups is 1. The maximum absolute atomic E-state index is 13.4. The van der Waals surface area contributed by atoms with Gasteiger partial charge in [0.05, 0.1) is 31.0 Å². The number of aromatic hydroxyl groups is 2. The van der Waals surface area contributed by atoms with E-state index >= 15 is 0 Å². The molecule has 0 bridgehead atoms. The second-order valence-corrected chi connectivity index (χ2v) is 17.7. The van der Waals surface area contributed by atoms with Crippen molar-refractivity contribution in [3.8, 4) is 11.5 Å².